The summed E-state index contributed by atoms with van der Waals surface area (Å²) in [6.45, 7) is 0. The van der Waals surface area contributed by atoms with Crippen molar-refractivity contribution in [2.45, 2.75) is 6.04 Å². The van der Waals surface area contributed by atoms with Crippen LogP contribution in [0.1, 0.15) is 22.1 Å². The molecule has 2 aromatic heterocycles. The van der Waals surface area contributed by atoms with Crippen LogP contribution in [0.3, 0.4) is 0 Å². The zero-order valence-electron chi connectivity index (χ0n) is 10.9. The van der Waals surface area contributed by atoms with E-state index in [4.69, 9.17) is 11.6 Å². The minimum Gasteiger partial charge on any atom is -0.479 e. The number of halogens is 1. The maximum atomic E-state index is 12.1. The first-order valence-corrected chi connectivity index (χ1v) is 6.10. The SMILES string of the molecule is Cn1cc(C(NC(=O)c2cc(Cl)cn2C)C(=O)O)cn1. The van der Waals surface area contributed by atoms with Gasteiger partial charge in [-0.1, -0.05) is 11.6 Å². The first kappa shape index (κ1) is 14.1. The summed E-state index contributed by atoms with van der Waals surface area (Å²) in [7, 11) is 3.32. The van der Waals surface area contributed by atoms with Crippen LogP contribution in [0.4, 0.5) is 0 Å². The summed E-state index contributed by atoms with van der Waals surface area (Å²) in [5.41, 5.74) is 0.679. The van der Waals surface area contributed by atoms with Gasteiger partial charge in [-0.15, -0.1) is 0 Å². The van der Waals surface area contributed by atoms with E-state index in [1.54, 1.807) is 20.3 Å². The monoisotopic (exact) mass is 296 g/mol. The number of nitrogens with one attached hydrogen (secondary N) is 1. The van der Waals surface area contributed by atoms with Crippen molar-refractivity contribution >= 4 is 23.5 Å². The first-order valence-electron chi connectivity index (χ1n) is 5.72. The minimum absolute atomic E-state index is 0.283. The van der Waals surface area contributed by atoms with Crippen LogP contribution in [0.25, 0.3) is 0 Å². The van der Waals surface area contributed by atoms with Gasteiger partial charge in [-0.2, -0.15) is 5.10 Å². The third-order valence-corrected chi connectivity index (χ3v) is 2.99. The van der Waals surface area contributed by atoms with Gasteiger partial charge in [-0.05, 0) is 6.07 Å². The molecule has 106 valence electrons. The molecular weight excluding hydrogens is 284 g/mol. The molecule has 1 atom stereocenters. The number of rotatable bonds is 4. The fraction of sp³-hybridized carbons (Fsp3) is 0.250. The van der Waals surface area contributed by atoms with Crippen LogP contribution in [-0.2, 0) is 18.9 Å². The van der Waals surface area contributed by atoms with E-state index in [2.05, 4.69) is 10.4 Å². The Kier molecular flexibility index (Phi) is 3.80. The number of hydrogen-bond acceptors (Lipinski definition) is 3. The highest BCUT2D eigenvalue weighted by atomic mass is 35.5. The molecule has 0 spiro atoms. The topological polar surface area (TPSA) is 89.2 Å². The minimum atomic E-state index is -1.16. The van der Waals surface area contributed by atoms with E-state index in [0.29, 0.717) is 10.6 Å². The number of carboxylic acids is 1. The molecule has 0 bridgehead atoms. The molecule has 2 heterocycles. The molecule has 0 aliphatic heterocycles. The number of carboxylic acid groups (broad SMARTS) is 1. The van der Waals surface area contributed by atoms with Gasteiger partial charge in [0.25, 0.3) is 5.91 Å². The Morgan fingerprint density at radius 3 is 2.55 bits per heavy atom. The van der Waals surface area contributed by atoms with Crippen LogP contribution >= 0.6 is 11.6 Å². The predicted octanol–water partition coefficient (Wildman–Crippen LogP) is 0.968. The lowest BCUT2D eigenvalue weighted by atomic mass is 10.1. The molecule has 0 radical (unpaired) electrons. The van der Waals surface area contributed by atoms with Crippen LogP contribution in [0, 0.1) is 0 Å². The Bertz CT molecular complexity index is 661. The van der Waals surface area contributed by atoms with Crippen LogP contribution in [-0.4, -0.2) is 31.3 Å². The van der Waals surface area contributed by atoms with Gasteiger partial charge in [0.05, 0.1) is 11.2 Å². The van der Waals surface area contributed by atoms with Gasteiger partial charge in [0.2, 0.25) is 0 Å². The second-order valence-corrected chi connectivity index (χ2v) is 4.78. The number of aromatic nitrogens is 3. The number of hydrogen-bond donors (Lipinski definition) is 2. The zero-order valence-corrected chi connectivity index (χ0v) is 11.6. The second kappa shape index (κ2) is 5.38. The fourth-order valence-corrected chi connectivity index (χ4v) is 2.08. The molecule has 7 nitrogen and oxygen atoms in total. The van der Waals surface area contributed by atoms with Crippen molar-refractivity contribution in [3.05, 3.63) is 40.9 Å². The van der Waals surface area contributed by atoms with Crippen LogP contribution in [0.15, 0.2) is 24.7 Å². The summed E-state index contributed by atoms with van der Waals surface area (Å²) in [4.78, 5) is 23.4. The molecule has 8 heteroatoms. The molecular formula is C12H13ClN4O3. The molecule has 2 aromatic rings. The van der Waals surface area contributed by atoms with Gasteiger partial charge in [-0.3, -0.25) is 9.48 Å². The highest BCUT2D eigenvalue weighted by Gasteiger charge is 2.25. The smallest absolute Gasteiger partial charge is 0.331 e. The molecule has 0 aliphatic rings. The van der Waals surface area contributed by atoms with Crippen LogP contribution in [0.2, 0.25) is 5.02 Å². The Morgan fingerprint density at radius 2 is 2.10 bits per heavy atom. The van der Waals surface area contributed by atoms with Crippen molar-refractivity contribution in [2.24, 2.45) is 14.1 Å². The van der Waals surface area contributed by atoms with Crippen molar-refractivity contribution in [1.82, 2.24) is 19.7 Å². The molecule has 1 unspecified atom stereocenters. The van der Waals surface area contributed by atoms with E-state index < -0.39 is 17.9 Å². The van der Waals surface area contributed by atoms with Crippen molar-refractivity contribution in [2.75, 3.05) is 0 Å². The molecule has 2 N–H and O–H groups in total. The molecule has 1 amide bonds. The molecule has 0 saturated heterocycles. The summed E-state index contributed by atoms with van der Waals surface area (Å²) >= 11 is 5.80. The Balaban J connectivity index is 2.23. The molecule has 0 saturated carbocycles. The Hall–Kier alpha value is -2.28. The summed E-state index contributed by atoms with van der Waals surface area (Å²) < 4.78 is 3.00. The third-order valence-electron chi connectivity index (χ3n) is 2.78. The van der Waals surface area contributed by atoms with Crippen molar-refractivity contribution in [1.29, 1.82) is 0 Å². The largest absolute Gasteiger partial charge is 0.479 e. The van der Waals surface area contributed by atoms with Gasteiger partial charge in [-0.25, -0.2) is 4.79 Å². The summed E-state index contributed by atoms with van der Waals surface area (Å²) in [5, 5.41) is 16.0. The lowest BCUT2D eigenvalue weighted by Crippen LogP contribution is -2.34. The average Bonchev–Trinajstić information content (AvgIpc) is 2.91. The van der Waals surface area contributed by atoms with E-state index >= 15 is 0 Å². The molecule has 20 heavy (non-hydrogen) atoms. The van der Waals surface area contributed by atoms with E-state index in [0.717, 1.165) is 0 Å². The lowest BCUT2D eigenvalue weighted by Gasteiger charge is -2.13. The fourth-order valence-electron chi connectivity index (χ4n) is 1.83. The predicted molar refractivity (Wildman–Crippen MR) is 71.5 cm³/mol. The quantitative estimate of drug-likeness (QED) is 0.880. The zero-order chi connectivity index (χ0) is 14.9. The van der Waals surface area contributed by atoms with Gasteiger partial charge in [0.1, 0.15) is 5.69 Å². The summed E-state index contributed by atoms with van der Waals surface area (Å²) in [6, 6.07) is 0.309. The molecule has 0 aliphatic carbocycles. The van der Waals surface area contributed by atoms with Crippen molar-refractivity contribution in [3.8, 4) is 0 Å². The summed E-state index contributed by atoms with van der Waals surface area (Å²) in [6.07, 6.45) is 4.50. The number of amides is 1. The van der Waals surface area contributed by atoms with Gasteiger partial charge >= 0.3 is 5.97 Å². The van der Waals surface area contributed by atoms with E-state index in [-0.39, 0.29) is 5.69 Å². The number of carbonyl (C=O) groups excluding carboxylic acids is 1. The lowest BCUT2D eigenvalue weighted by molar-refractivity contribution is -0.139. The average molecular weight is 297 g/mol. The standard InChI is InChI=1S/C12H13ClN4O3/c1-16-6-8(13)3-9(16)11(18)15-10(12(19)20)7-4-14-17(2)5-7/h3-6,10H,1-2H3,(H,15,18)(H,19,20). The van der Waals surface area contributed by atoms with Crippen molar-refractivity contribution < 1.29 is 14.7 Å². The summed E-state index contributed by atoms with van der Waals surface area (Å²) in [5.74, 6) is -1.68. The Labute approximate surface area is 119 Å². The normalized spacial score (nSPS) is 12.2. The first-order chi connectivity index (χ1) is 9.38. The molecule has 0 fully saturated rings. The molecule has 2 rings (SSSR count). The number of aliphatic carboxylic acids is 1. The Morgan fingerprint density at radius 1 is 1.40 bits per heavy atom. The number of nitrogens with zero attached hydrogens (tertiary/aromatic N) is 3. The number of aryl methyl sites for hydroxylation is 2. The third kappa shape index (κ3) is 2.83. The second-order valence-electron chi connectivity index (χ2n) is 4.35. The van der Waals surface area contributed by atoms with E-state index in [9.17, 15) is 14.7 Å². The maximum Gasteiger partial charge on any atom is 0.331 e. The van der Waals surface area contributed by atoms with E-state index in [1.165, 1.54) is 27.7 Å². The van der Waals surface area contributed by atoms with Gasteiger partial charge in [0, 0.05) is 32.1 Å². The highest BCUT2D eigenvalue weighted by Crippen LogP contribution is 2.16. The van der Waals surface area contributed by atoms with Gasteiger partial charge < -0.3 is 15.0 Å². The maximum absolute atomic E-state index is 12.1. The highest BCUT2D eigenvalue weighted by molar-refractivity contribution is 6.31. The van der Waals surface area contributed by atoms with E-state index in [1.807, 2.05) is 0 Å². The number of carbonyl (C=O) groups is 2. The van der Waals surface area contributed by atoms with Crippen LogP contribution < -0.4 is 5.32 Å². The van der Waals surface area contributed by atoms with Crippen molar-refractivity contribution in [3.63, 3.8) is 0 Å². The van der Waals surface area contributed by atoms with Gasteiger partial charge in [0.15, 0.2) is 6.04 Å². The molecule has 0 aromatic carbocycles. The van der Waals surface area contributed by atoms with Crippen LogP contribution in [0.5, 0.6) is 0 Å².